The first-order valence-electron chi connectivity index (χ1n) is 9.94. The zero-order valence-electron chi connectivity index (χ0n) is 17.5. The standard InChI is InChI=1S/C12H7N3O4.C11H12N2O/c16-14(17)7-4-5-10-9(6-7)8-2-1-3-11(15(18)19)12(8)13-10;1-8-10(7-14)13-11(12-8)9-5-3-2-4-6-9/h1-6,13H;2-6,14H,7H2,1H3,(H,12,13). The summed E-state index contributed by atoms with van der Waals surface area (Å²) in [6.07, 6.45) is 0. The predicted octanol–water partition coefficient (Wildman–Crippen LogP) is 5.01. The quantitative estimate of drug-likeness (QED) is 0.261. The summed E-state index contributed by atoms with van der Waals surface area (Å²) >= 11 is 0. The summed E-state index contributed by atoms with van der Waals surface area (Å²) < 4.78 is 0. The number of H-pyrrole nitrogens is 2. The highest BCUT2D eigenvalue weighted by Gasteiger charge is 2.17. The van der Waals surface area contributed by atoms with Crippen LogP contribution in [0.15, 0.2) is 66.7 Å². The number of benzene rings is 3. The first-order valence-corrected chi connectivity index (χ1v) is 9.94. The number of hydrogen-bond donors (Lipinski definition) is 3. The van der Waals surface area contributed by atoms with Crippen molar-refractivity contribution in [2.45, 2.75) is 13.5 Å². The Labute approximate surface area is 186 Å². The van der Waals surface area contributed by atoms with Crippen molar-refractivity contribution in [2.24, 2.45) is 0 Å². The average molecular weight is 445 g/mol. The molecule has 0 radical (unpaired) electrons. The van der Waals surface area contributed by atoms with E-state index in [1.165, 1.54) is 18.2 Å². The number of imidazole rings is 1. The molecule has 10 nitrogen and oxygen atoms in total. The molecule has 0 aliphatic heterocycles. The van der Waals surface area contributed by atoms with E-state index in [2.05, 4.69) is 15.0 Å². The highest BCUT2D eigenvalue weighted by molar-refractivity contribution is 6.10. The number of hydrogen-bond acceptors (Lipinski definition) is 6. The van der Waals surface area contributed by atoms with E-state index < -0.39 is 9.85 Å². The SMILES string of the molecule is Cc1[nH]c(-c2ccccc2)nc1CO.O=[N+]([O-])c1ccc2[nH]c3c([N+](=O)[O-])cccc3c2c1. The van der Waals surface area contributed by atoms with Gasteiger partial charge in [0.2, 0.25) is 0 Å². The number of non-ortho nitro benzene ring substituents is 2. The lowest BCUT2D eigenvalue weighted by Crippen LogP contribution is -1.88. The fourth-order valence-electron chi connectivity index (χ4n) is 3.54. The Hall–Kier alpha value is -4.57. The van der Waals surface area contributed by atoms with Gasteiger partial charge in [-0.3, -0.25) is 20.2 Å². The maximum absolute atomic E-state index is 10.9. The number of aliphatic hydroxyl groups excluding tert-OH is 1. The highest BCUT2D eigenvalue weighted by Crippen LogP contribution is 2.33. The zero-order valence-corrected chi connectivity index (χ0v) is 17.5. The molecule has 0 saturated heterocycles. The summed E-state index contributed by atoms with van der Waals surface area (Å²) in [6, 6.07) is 18.9. The first kappa shape index (κ1) is 21.7. The highest BCUT2D eigenvalue weighted by atomic mass is 16.6. The third kappa shape index (κ3) is 4.27. The van der Waals surface area contributed by atoms with Crippen LogP contribution in [0.25, 0.3) is 33.2 Å². The maximum atomic E-state index is 10.9. The van der Waals surface area contributed by atoms with Gasteiger partial charge in [0.05, 0.1) is 22.1 Å². The molecule has 3 N–H and O–H groups in total. The summed E-state index contributed by atoms with van der Waals surface area (Å²) in [6.45, 7) is 1.89. The molecule has 0 atom stereocenters. The molecule has 33 heavy (non-hydrogen) atoms. The Balaban J connectivity index is 0.000000165. The number of nitro groups is 2. The fraction of sp³-hybridized carbons (Fsp3) is 0.0870. The third-order valence-corrected chi connectivity index (χ3v) is 5.19. The number of aromatic nitrogens is 3. The number of rotatable bonds is 4. The van der Waals surface area contributed by atoms with Gasteiger partial charge >= 0.3 is 0 Å². The molecule has 10 heteroatoms. The number of aromatic amines is 2. The molecule has 0 spiro atoms. The van der Waals surface area contributed by atoms with Crippen LogP contribution in [0.4, 0.5) is 11.4 Å². The Morgan fingerprint density at radius 2 is 1.67 bits per heavy atom. The van der Waals surface area contributed by atoms with Gasteiger partial charge < -0.3 is 15.1 Å². The van der Waals surface area contributed by atoms with E-state index in [-0.39, 0.29) is 18.0 Å². The van der Waals surface area contributed by atoms with Crippen molar-refractivity contribution < 1.29 is 15.0 Å². The van der Waals surface area contributed by atoms with Gasteiger partial charge in [0.25, 0.3) is 11.4 Å². The van der Waals surface area contributed by atoms with Crippen LogP contribution in [0.1, 0.15) is 11.4 Å². The Bertz CT molecular complexity index is 1470. The number of aryl methyl sites for hydroxylation is 1. The summed E-state index contributed by atoms with van der Waals surface area (Å²) in [7, 11) is 0. The molecule has 0 aliphatic rings. The number of nitrogens with one attached hydrogen (secondary N) is 2. The van der Waals surface area contributed by atoms with E-state index >= 15 is 0 Å². The van der Waals surface area contributed by atoms with Crippen molar-refractivity contribution >= 4 is 33.2 Å². The molecule has 0 fully saturated rings. The van der Waals surface area contributed by atoms with Crippen molar-refractivity contribution in [2.75, 3.05) is 0 Å². The van der Waals surface area contributed by atoms with Gasteiger partial charge in [-0.2, -0.15) is 0 Å². The second kappa shape index (κ2) is 8.89. The van der Waals surface area contributed by atoms with Crippen molar-refractivity contribution in [3.8, 4) is 11.4 Å². The molecule has 0 amide bonds. The molecule has 0 aliphatic carbocycles. The molecular weight excluding hydrogens is 426 g/mol. The fourth-order valence-corrected chi connectivity index (χ4v) is 3.54. The van der Waals surface area contributed by atoms with E-state index in [1.54, 1.807) is 18.2 Å². The molecule has 166 valence electrons. The van der Waals surface area contributed by atoms with Gasteiger partial charge in [0.1, 0.15) is 11.3 Å². The molecule has 5 aromatic rings. The Kier molecular flexibility index (Phi) is 5.83. The minimum Gasteiger partial charge on any atom is -0.390 e. The molecule has 5 rings (SSSR count). The Morgan fingerprint density at radius 3 is 2.30 bits per heavy atom. The van der Waals surface area contributed by atoms with Crippen LogP contribution in [0.5, 0.6) is 0 Å². The van der Waals surface area contributed by atoms with E-state index in [1.807, 2.05) is 37.3 Å². The maximum Gasteiger partial charge on any atom is 0.293 e. The zero-order chi connectivity index (χ0) is 23.5. The van der Waals surface area contributed by atoms with Crippen molar-refractivity contribution in [3.05, 3.63) is 98.3 Å². The second-order valence-electron chi connectivity index (χ2n) is 7.25. The molecule has 2 heterocycles. The van der Waals surface area contributed by atoms with Gasteiger partial charge in [-0.25, -0.2) is 4.98 Å². The smallest absolute Gasteiger partial charge is 0.293 e. The first-order chi connectivity index (χ1) is 15.9. The average Bonchev–Trinajstić information content (AvgIpc) is 3.39. The van der Waals surface area contributed by atoms with Crippen molar-refractivity contribution in [1.29, 1.82) is 0 Å². The molecular formula is C23H19N5O5. The van der Waals surface area contributed by atoms with Crippen LogP contribution in [-0.2, 0) is 6.61 Å². The van der Waals surface area contributed by atoms with Crippen molar-refractivity contribution in [1.82, 2.24) is 15.0 Å². The van der Waals surface area contributed by atoms with Gasteiger partial charge in [0.15, 0.2) is 0 Å². The summed E-state index contributed by atoms with van der Waals surface area (Å²) in [4.78, 5) is 31.1. The lowest BCUT2D eigenvalue weighted by Gasteiger charge is -1.93. The van der Waals surface area contributed by atoms with E-state index in [4.69, 9.17) is 5.11 Å². The van der Waals surface area contributed by atoms with Crippen LogP contribution in [0, 0.1) is 27.2 Å². The van der Waals surface area contributed by atoms with Gasteiger partial charge in [-0.1, -0.05) is 42.5 Å². The molecule has 0 bridgehead atoms. The van der Waals surface area contributed by atoms with Crippen molar-refractivity contribution in [3.63, 3.8) is 0 Å². The minimum absolute atomic E-state index is 0.0187. The van der Waals surface area contributed by atoms with Crippen LogP contribution < -0.4 is 0 Å². The topological polar surface area (TPSA) is 151 Å². The van der Waals surface area contributed by atoms with E-state index in [0.717, 1.165) is 17.1 Å². The molecule has 0 unspecified atom stereocenters. The number of fused-ring (bicyclic) bond motifs is 3. The number of para-hydroxylation sites is 1. The van der Waals surface area contributed by atoms with Gasteiger partial charge in [-0.15, -0.1) is 0 Å². The number of nitro benzene ring substituents is 2. The van der Waals surface area contributed by atoms with E-state index in [0.29, 0.717) is 27.5 Å². The molecule has 0 saturated carbocycles. The van der Waals surface area contributed by atoms with Crippen LogP contribution in [0.2, 0.25) is 0 Å². The second-order valence-corrected chi connectivity index (χ2v) is 7.25. The lowest BCUT2D eigenvalue weighted by molar-refractivity contribution is -0.384. The van der Waals surface area contributed by atoms with Crippen LogP contribution in [0.3, 0.4) is 0 Å². The van der Waals surface area contributed by atoms with Gasteiger partial charge in [-0.05, 0) is 13.0 Å². The Morgan fingerprint density at radius 1 is 0.909 bits per heavy atom. The normalized spacial score (nSPS) is 10.7. The number of aliphatic hydroxyl groups is 1. The van der Waals surface area contributed by atoms with Crippen LogP contribution >= 0.6 is 0 Å². The predicted molar refractivity (Wildman–Crippen MR) is 124 cm³/mol. The van der Waals surface area contributed by atoms with Crippen LogP contribution in [-0.4, -0.2) is 29.9 Å². The summed E-state index contributed by atoms with van der Waals surface area (Å²) in [5, 5.41) is 31.9. The van der Waals surface area contributed by atoms with Gasteiger partial charge in [0, 0.05) is 45.7 Å². The molecule has 2 aromatic heterocycles. The van der Waals surface area contributed by atoms with E-state index in [9.17, 15) is 20.2 Å². The monoisotopic (exact) mass is 445 g/mol. The number of nitrogens with zero attached hydrogens (tertiary/aromatic N) is 3. The largest absolute Gasteiger partial charge is 0.390 e. The molecule has 3 aromatic carbocycles. The lowest BCUT2D eigenvalue weighted by atomic mass is 10.1. The third-order valence-electron chi connectivity index (χ3n) is 5.19. The summed E-state index contributed by atoms with van der Waals surface area (Å²) in [5.74, 6) is 0.812. The minimum atomic E-state index is -0.490. The summed E-state index contributed by atoms with van der Waals surface area (Å²) in [5.41, 5.74) is 3.60.